The summed E-state index contributed by atoms with van der Waals surface area (Å²) in [5.41, 5.74) is 6.19. The highest BCUT2D eigenvalue weighted by atomic mass is 16.5. The number of methoxy groups -OCH3 is 2. The largest absolute Gasteiger partial charge is 0.497 e. The molecule has 0 saturated carbocycles. The van der Waals surface area contributed by atoms with Crippen LogP contribution in [0.15, 0.2) is 60.7 Å². The van der Waals surface area contributed by atoms with E-state index >= 15 is 0 Å². The lowest BCUT2D eigenvalue weighted by molar-refractivity contribution is 0.414. The fourth-order valence-electron chi connectivity index (χ4n) is 3.27. The van der Waals surface area contributed by atoms with Crippen LogP contribution in [0.5, 0.6) is 11.5 Å². The molecule has 0 saturated heterocycles. The van der Waals surface area contributed by atoms with Crippen molar-refractivity contribution in [2.45, 2.75) is 6.92 Å². The van der Waals surface area contributed by atoms with Crippen LogP contribution in [-0.4, -0.2) is 28.8 Å². The Bertz CT molecular complexity index is 1030. The number of rotatable bonds is 5. The van der Waals surface area contributed by atoms with Gasteiger partial charge in [0.15, 0.2) is 5.82 Å². The van der Waals surface area contributed by atoms with Gasteiger partial charge in [-0.05, 0) is 67.6 Å². The van der Waals surface area contributed by atoms with Gasteiger partial charge in [0.05, 0.1) is 31.3 Å². The van der Waals surface area contributed by atoms with Crippen molar-refractivity contribution in [2.75, 3.05) is 14.2 Å². The Morgan fingerprint density at radius 2 is 1.36 bits per heavy atom. The number of aromatic nitrogens is 3. The van der Waals surface area contributed by atoms with Gasteiger partial charge in [-0.1, -0.05) is 0 Å². The molecule has 1 N–H and O–H groups in total. The molecule has 0 aliphatic heterocycles. The molecule has 0 aliphatic rings. The first kappa shape index (κ1) is 17.9. The van der Waals surface area contributed by atoms with Crippen molar-refractivity contribution in [1.82, 2.24) is 14.5 Å². The zero-order valence-corrected chi connectivity index (χ0v) is 16.5. The van der Waals surface area contributed by atoms with E-state index in [0.717, 1.165) is 45.5 Å². The Labute approximate surface area is 164 Å². The van der Waals surface area contributed by atoms with Crippen LogP contribution in [0.2, 0.25) is 0 Å². The van der Waals surface area contributed by atoms with Crippen LogP contribution in [0.4, 0.5) is 0 Å². The van der Waals surface area contributed by atoms with Gasteiger partial charge in [0.2, 0.25) is 0 Å². The third-order valence-electron chi connectivity index (χ3n) is 5.06. The molecule has 0 amide bonds. The molecule has 2 aromatic heterocycles. The van der Waals surface area contributed by atoms with Gasteiger partial charge >= 0.3 is 0 Å². The monoisotopic (exact) mass is 373 g/mol. The fourth-order valence-corrected chi connectivity index (χ4v) is 3.27. The lowest BCUT2D eigenvalue weighted by atomic mass is 10.0. The maximum absolute atomic E-state index is 5.30. The van der Waals surface area contributed by atoms with Gasteiger partial charge in [0, 0.05) is 23.9 Å². The average molecular weight is 373 g/mol. The first-order chi connectivity index (χ1) is 13.6. The molecule has 0 unspecified atom stereocenters. The summed E-state index contributed by atoms with van der Waals surface area (Å²) in [6.45, 7) is 2.08. The number of benzene rings is 2. The molecule has 0 radical (unpaired) electrons. The van der Waals surface area contributed by atoms with Gasteiger partial charge in [-0.2, -0.15) is 0 Å². The minimum absolute atomic E-state index is 0.823. The Balaban J connectivity index is 1.87. The second-order valence-corrected chi connectivity index (χ2v) is 6.68. The second-order valence-electron chi connectivity index (χ2n) is 6.68. The summed E-state index contributed by atoms with van der Waals surface area (Å²) < 4.78 is 12.7. The summed E-state index contributed by atoms with van der Waals surface area (Å²) in [5.74, 6) is 2.49. The maximum Gasteiger partial charge on any atom is 0.155 e. The highest BCUT2D eigenvalue weighted by molar-refractivity contribution is 5.81. The van der Waals surface area contributed by atoms with E-state index in [1.807, 2.05) is 55.6 Å². The molecule has 4 aromatic rings. The van der Waals surface area contributed by atoms with Gasteiger partial charge in [-0.25, -0.2) is 4.98 Å². The van der Waals surface area contributed by atoms with E-state index in [-0.39, 0.29) is 0 Å². The van der Waals surface area contributed by atoms with Crippen LogP contribution in [0.3, 0.4) is 0 Å². The molecule has 4 rings (SSSR count). The van der Waals surface area contributed by atoms with Gasteiger partial charge in [-0.15, -0.1) is 0 Å². The van der Waals surface area contributed by atoms with E-state index in [9.17, 15) is 0 Å². The van der Waals surface area contributed by atoms with Crippen LogP contribution in [-0.2, 0) is 7.05 Å². The first-order valence-electron chi connectivity index (χ1n) is 9.12. The van der Waals surface area contributed by atoms with Gasteiger partial charge < -0.3 is 19.0 Å². The Morgan fingerprint density at radius 1 is 0.786 bits per heavy atom. The molecular weight excluding hydrogens is 350 g/mol. The molecule has 28 heavy (non-hydrogen) atoms. The Morgan fingerprint density at radius 3 is 1.86 bits per heavy atom. The quantitative estimate of drug-likeness (QED) is 0.531. The van der Waals surface area contributed by atoms with E-state index in [2.05, 4.69) is 28.6 Å². The molecule has 142 valence electrons. The minimum Gasteiger partial charge on any atom is -0.497 e. The maximum atomic E-state index is 5.30. The molecule has 2 aromatic carbocycles. The Hall–Kier alpha value is -3.47. The number of H-pyrrole nitrogens is 1. The van der Waals surface area contributed by atoms with E-state index in [4.69, 9.17) is 14.5 Å². The summed E-state index contributed by atoms with van der Waals surface area (Å²) in [6, 6.07) is 20.1. The number of nitrogens with one attached hydrogen (secondary N) is 1. The molecule has 2 heterocycles. The SMILES string of the molecule is COc1ccc(-c2nc(-c3ccc(C)n3C)[nH]c2-c2ccc(OC)cc2)cc1. The van der Waals surface area contributed by atoms with Crippen LogP contribution >= 0.6 is 0 Å². The van der Waals surface area contributed by atoms with Crippen LogP contribution < -0.4 is 9.47 Å². The molecule has 0 fully saturated rings. The topological polar surface area (TPSA) is 52.1 Å². The molecule has 5 heteroatoms. The highest BCUT2D eigenvalue weighted by Crippen LogP contribution is 2.34. The molecular formula is C23H23N3O2. The summed E-state index contributed by atoms with van der Waals surface area (Å²) in [5, 5.41) is 0. The van der Waals surface area contributed by atoms with Crippen LogP contribution in [0, 0.1) is 6.92 Å². The van der Waals surface area contributed by atoms with Gasteiger partial charge in [-0.3, -0.25) is 0 Å². The van der Waals surface area contributed by atoms with Crippen LogP contribution in [0.1, 0.15) is 5.69 Å². The summed E-state index contributed by atoms with van der Waals surface area (Å²) in [6.07, 6.45) is 0. The fraction of sp³-hybridized carbons (Fsp3) is 0.174. The average Bonchev–Trinajstić information content (AvgIpc) is 3.32. The predicted octanol–water partition coefficient (Wildman–Crippen LogP) is 5.07. The van der Waals surface area contributed by atoms with Crippen molar-refractivity contribution in [3.8, 4) is 45.5 Å². The number of nitrogens with zero attached hydrogens (tertiary/aromatic N) is 2. The van der Waals surface area contributed by atoms with Crippen molar-refractivity contribution >= 4 is 0 Å². The van der Waals surface area contributed by atoms with Crippen molar-refractivity contribution in [2.24, 2.45) is 7.05 Å². The normalized spacial score (nSPS) is 10.9. The minimum atomic E-state index is 0.823. The third kappa shape index (κ3) is 3.16. The van der Waals surface area contributed by atoms with Crippen molar-refractivity contribution < 1.29 is 9.47 Å². The highest BCUT2D eigenvalue weighted by Gasteiger charge is 2.17. The van der Waals surface area contributed by atoms with E-state index in [1.54, 1.807) is 14.2 Å². The zero-order chi connectivity index (χ0) is 19.7. The summed E-state index contributed by atoms with van der Waals surface area (Å²) >= 11 is 0. The van der Waals surface area contributed by atoms with E-state index in [0.29, 0.717) is 0 Å². The molecule has 0 atom stereocenters. The summed E-state index contributed by atoms with van der Waals surface area (Å²) in [4.78, 5) is 8.48. The standard InChI is InChI=1S/C23H23N3O2/c1-15-5-14-20(26(15)2)23-24-21(16-6-10-18(27-3)11-7-16)22(25-23)17-8-12-19(28-4)13-9-17/h5-14H,1-4H3,(H,24,25). The third-order valence-corrected chi connectivity index (χ3v) is 5.06. The van der Waals surface area contributed by atoms with E-state index < -0.39 is 0 Å². The van der Waals surface area contributed by atoms with E-state index in [1.165, 1.54) is 5.69 Å². The van der Waals surface area contributed by atoms with Crippen molar-refractivity contribution in [1.29, 1.82) is 0 Å². The predicted molar refractivity (Wildman–Crippen MR) is 112 cm³/mol. The van der Waals surface area contributed by atoms with Crippen molar-refractivity contribution in [3.63, 3.8) is 0 Å². The van der Waals surface area contributed by atoms with Gasteiger partial charge in [0.25, 0.3) is 0 Å². The number of hydrogen-bond donors (Lipinski definition) is 1. The molecule has 0 spiro atoms. The first-order valence-corrected chi connectivity index (χ1v) is 9.12. The molecule has 0 bridgehead atoms. The Kier molecular flexibility index (Phi) is 4.65. The lowest BCUT2D eigenvalue weighted by Crippen LogP contribution is -1.94. The van der Waals surface area contributed by atoms with Gasteiger partial charge in [0.1, 0.15) is 11.5 Å². The number of aryl methyl sites for hydroxylation is 1. The number of aromatic amines is 1. The summed E-state index contributed by atoms with van der Waals surface area (Å²) in [7, 11) is 5.39. The number of ether oxygens (including phenoxy) is 2. The molecule has 5 nitrogen and oxygen atoms in total. The molecule has 0 aliphatic carbocycles. The van der Waals surface area contributed by atoms with Crippen LogP contribution in [0.25, 0.3) is 34.0 Å². The lowest BCUT2D eigenvalue weighted by Gasteiger charge is -2.06. The smallest absolute Gasteiger partial charge is 0.155 e. The number of imidazole rings is 1. The number of hydrogen-bond acceptors (Lipinski definition) is 3. The zero-order valence-electron chi connectivity index (χ0n) is 16.5. The second kappa shape index (κ2) is 7.27. The van der Waals surface area contributed by atoms with Crippen molar-refractivity contribution in [3.05, 3.63) is 66.4 Å².